The molecule has 0 unspecified atom stereocenters. The minimum atomic E-state index is -0.116. The number of amides is 1. The molecule has 0 aromatic heterocycles. The second kappa shape index (κ2) is 6.99. The zero-order chi connectivity index (χ0) is 15.2. The number of nitrogens with one attached hydrogen (secondary N) is 1. The van der Waals surface area contributed by atoms with E-state index in [1.54, 1.807) is 30.3 Å². The number of nitrogen functional groups attached to an aromatic ring is 1. The van der Waals surface area contributed by atoms with Crippen LogP contribution in [0.25, 0.3) is 0 Å². The summed E-state index contributed by atoms with van der Waals surface area (Å²) in [5.41, 5.74) is 7.99. The second-order valence-electron chi connectivity index (χ2n) is 4.64. The molecule has 2 aromatic carbocycles. The Hall–Kier alpha value is -2.20. The first-order chi connectivity index (χ1) is 10.1. The molecule has 2 aromatic rings. The van der Waals surface area contributed by atoms with Gasteiger partial charge in [-0.15, -0.1) is 0 Å². The first-order valence-corrected chi connectivity index (χ1v) is 6.97. The number of rotatable bonds is 5. The predicted octanol–water partition coefficient (Wildman–Crippen LogP) is 3.64. The van der Waals surface area contributed by atoms with E-state index in [0.717, 1.165) is 11.3 Å². The average molecular weight is 305 g/mol. The monoisotopic (exact) mass is 304 g/mol. The van der Waals surface area contributed by atoms with Crippen molar-refractivity contribution in [1.82, 2.24) is 0 Å². The molecule has 110 valence electrons. The van der Waals surface area contributed by atoms with Crippen molar-refractivity contribution < 1.29 is 9.53 Å². The number of anilines is 2. The number of halogens is 1. The third-order valence-electron chi connectivity index (χ3n) is 2.97. The first-order valence-electron chi connectivity index (χ1n) is 6.59. The lowest BCUT2D eigenvalue weighted by atomic mass is 10.2. The Morgan fingerprint density at radius 2 is 2.05 bits per heavy atom. The number of benzene rings is 2. The van der Waals surface area contributed by atoms with Crippen LogP contribution < -0.4 is 15.8 Å². The van der Waals surface area contributed by atoms with Crippen LogP contribution in [0.4, 0.5) is 11.4 Å². The van der Waals surface area contributed by atoms with Gasteiger partial charge in [0.25, 0.3) is 0 Å². The highest BCUT2D eigenvalue weighted by Gasteiger charge is 2.06. The van der Waals surface area contributed by atoms with Crippen LogP contribution in [0, 0.1) is 6.92 Å². The van der Waals surface area contributed by atoms with Gasteiger partial charge in [-0.05, 0) is 42.8 Å². The Morgan fingerprint density at radius 1 is 1.29 bits per heavy atom. The molecule has 3 N–H and O–H groups in total. The Labute approximate surface area is 128 Å². The van der Waals surface area contributed by atoms with Gasteiger partial charge in [0.1, 0.15) is 5.75 Å². The summed E-state index contributed by atoms with van der Waals surface area (Å²) in [5, 5.41) is 3.48. The number of aryl methyl sites for hydroxylation is 1. The fraction of sp³-hybridized carbons (Fsp3) is 0.188. The van der Waals surface area contributed by atoms with E-state index < -0.39 is 0 Å². The molecular weight excluding hydrogens is 288 g/mol. The van der Waals surface area contributed by atoms with Gasteiger partial charge < -0.3 is 15.8 Å². The van der Waals surface area contributed by atoms with Crippen molar-refractivity contribution in [2.24, 2.45) is 0 Å². The number of carbonyl (C=O) groups is 1. The first kappa shape index (κ1) is 15.2. The largest absolute Gasteiger partial charge is 0.491 e. The van der Waals surface area contributed by atoms with E-state index in [1.165, 1.54) is 0 Å². The van der Waals surface area contributed by atoms with Crippen LogP contribution in [0.2, 0.25) is 5.02 Å². The molecule has 0 aliphatic heterocycles. The molecular formula is C16H17ClN2O2. The van der Waals surface area contributed by atoms with E-state index in [9.17, 15) is 4.79 Å². The minimum absolute atomic E-state index is 0.116. The Bertz CT molecular complexity index is 644. The quantitative estimate of drug-likeness (QED) is 0.829. The fourth-order valence-corrected chi connectivity index (χ4v) is 2.07. The number of ether oxygens (including phenoxy) is 1. The Morgan fingerprint density at radius 3 is 2.76 bits per heavy atom. The van der Waals surface area contributed by atoms with Crippen molar-refractivity contribution >= 4 is 28.9 Å². The number of hydrogen-bond acceptors (Lipinski definition) is 3. The van der Waals surface area contributed by atoms with Gasteiger partial charge in [0.15, 0.2) is 0 Å². The van der Waals surface area contributed by atoms with Crippen molar-refractivity contribution in [3.8, 4) is 5.75 Å². The third-order valence-corrected chi connectivity index (χ3v) is 3.20. The van der Waals surface area contributed by atoms with Crippen molar-refractivity contribution in [3.05, 3.63) is 53.1 Å². The molecule has 0 fully saturated rings. The predicted molar refractivity (Wildman–Crippen MR) is 85.8 cm³/mol. The minimum Gasteiger partial charge on any atom is -0.491 e. The summed E-state index contributed by atoms with van der Waals surface area (Å²) in [4.78, 5) is 11.9. The van der Waals surface area contributed by atoms with Crippen LogP contribution in [-0.2, 0) is 4.79 Å². The zero-order valence-corrected chi connectivity index (χ0v) is 12.5. The van der Waals surface area contributed by atoms with E-state index in [1.807, 2.05) is 19.1 Å². The van der Waals surface area contributed by atoms with Gasteiger partial charge >= 0.3 is 0 Å². The van der Waals surface area contributed by atoms with Gasteiger partial charge in [-0.1, -0.05) is 23.7 Å². The molecule has 5 heteroatoms. The Kier molecular flexibility index (Phi) is 5.06. The van der Waals surface area contributed by atoms with Gasteiger partial charge in [0.2, 0.25) is 5.91 Å². The van der Waals surface area contributed by atoms with Crippen LogP contribution in [0.5, 0.6) is 5.75 Å². The maximum atomic E-state index is 11.9. The molecule has 1 amide bonds. The summed E-state index contributed by atoms with van der Waals surface area (Å²) >= 11 is 5.88. The van der Waals surface area contributed by atoms with E-state index in [0.29, 0.717) is 16.5 Å². The van der Waals surface area contributed by atoms with Crippen LogP contribution >= 0.6 is 11.6 Å². The second-order valence-corrected chi connectivity index (χ2v) is 5.08. The summed E-state index contributed by atoms with van der Waals surface area (Å²) < 4.78 is 5.49. The van der Waals surface area contributed by atoms with E-state index in [2.05, 4.69) is 5.32 Å². The van der Waals surface area contributed by atoms with Crippen molar-refractivity contribution in [1.29, 1.82) is 0 Å². The third kappa shape index (κ3) is 4.39. The van der Waals surface area contributed by atoms with Crippen molar-refractivity contribution in [2.45, 2.75) is 13.3 Å². The van der Waals surface area contributed by atoms with Crippen molar-refractivity contribution in [2.75, 3.05) is 17.7 Å². The van der Waals surface area contributed by atoms with Crippen LogP contribution in [0.3, 0.4) is 0 Å². The number of para-hydroxylation sites is 2. The maximum absolute atomic E-state index is 11.9. The SMILES string of the molecule is Cc1cc(Cl)ccc1NC(=O)CCOc1ccccc1N. The molecule has 0 saturated heterocycles. The van der Waals surface area contributed by atoms with Crippen LogP contribution in [0.1, 0.15) is 12.0 Å². The standard InChI is InChI=1S/C16H17ClN2O2/c1-11-10-12(17)6-7-14(11)19-16(20)8-9-21-15-5-3-2-4-13(15)18/h2-7,10H,8-9,18H2,1H3,(H,19,20). The van der Waals surface area contributed by atoms with Gasteiger partial charge in [0, 0.05) is 10.7 Å². The molecule has 0 spiro atoms. The van der Waals surface area contributed by atoms with Gasteiger partial charge in [-0.3, -0.25) is 4.79 Å². The van der Waals surface area contributed by atoms with Crippen LogP contribution in [0.15, 0.2) is 42.5 Å². The number of hydrogen-bond donors (Lipinski definition) is 2. The molecule has 0 radical (unpaired) electrons. The number of nitrogens with two attached hydrogens (primary N) is 1. The highest BCUT2D eigenvalue weighted by molar-refractivity contribution is 6.30. The highest BCUT2D eigenvalue weighted by atomic mass is 35.5. The molecule has 0 atom stereocenters. The van der Waals surface area contributed by atoms with Crippen LogP contribution in [-0.4, -0.2) is 12.5 Å². The lowest BCUT2D eigenvalue weighted by Gasteiger charge is -2.10. The van der Waals surface area contributed by atoms with Gasteiger partial charge in [-0.25, -0.2) is 0 Å². The average Bonchev–Trinajstić information content (AvgIpc) is 2.44. The van der Waals surface area contributed by atoms with Gasteiger partial charge in [-0.2, -0.15) is 0 Å². The molecule has 0 bridgehead atoms. The van der Waals surface area contributed by atoms with Crippen molar-refractivity contribution in [3.63, 3.8) is 0 Å². The topological polar surface area (TPSA) is 64.3 Å². The molecule has 21 heavy (non-hydrogen) atoms. The van der Waals surface area contributed by atoms with E-state index >= 15 is 0 Å². The molecule has 0 saturated carbocycles. The summed E-state index contributed by atoms with van der Waals surface area (Å²) in [6.07, 6.45) is 0.246. The summed E-state index contributed by atoms with van der Waals surface area (Å²) in [7, 11) is 0. The normalized spacial score (nSPS) is 10.2. The van der Waals surface area contributed by atoms with Gasteiger partial charge in [0.05, 0.1) is 18.7 Å². The summed E-state index contributed by atoms with van der Waals surface area (Å²) in [6, 6.07) is 12.5. The van der Waals surface area contributed by atoms with E-state index in [4.69, 9.17) is 22.1 Å². The lowest BCUT2D eigenvalue weighted by Crippen LogP contribution is -2.16. The fourth-order valence-electron chi connectivity index (χ4n) is 1.85. The number of carbonyl (C=O) groups excluding carboxylic acids is 1. The summed E-state index contributed by atoms with van der Waals surface area (Å²) in [6.45, 7) is 2.16. The lowest BCUT2D eigenvalue weighted by molar-refractivity contribution is -0.116. The zero-order valence-electron chi connectivity index (χ0n) is 11.7. The Balaban J connectivity index is 1.84. The molecule has 0 aliphatic rings. The van der Waals surface area contributed by atoms with E-state index in [-0.39, 0.29) is 18.9 Å². The summed E-state index contributed by atoms with van der Waals surface area (Å²) in [5.74, 6) is 0.475. The molecule has 0 aliphatic carbocycles. The smallest absolute Gasteiger partial charge is 0.227 e. The highest BCUT2D eigenvalue weighted by Crippen LogP contribution is 2.21. The molecule has 0 heterocycles. The molecule has 2 rings (SSSR count). The molecule has 4 nitrogen and oxygen atoms in total. The maximum Gasteiger partial charge on any atom is 0.227 e.